The fourth-order valence-electron chi connectivity index (χ4n) is 5.57. The normalized spacial score (nSPS) is 23.5. The molecule has 2 fully saturated rings. The van der Waals surface area contributed by atoms with Gasteiger partial charge in [-0.1, -0.05) is 36.4 Å². The van der Waals surface area contributed by atoms with Crippen molar-refractivity contribution in [3.05, 3.63) is 100 Å². The van der Waals surface area contributed by atoms with Gasteiger partial charge in [0.1, 0.15) is 11.9 Å². The van der Waals surface area contributed by atoms with Crippen LogP contribution in [-0.4, -0.2) is 34.7 Å². The predicted molar refractivity (Wildman–Crippen MR) is 133 cm³/mol. The Kier molecular flexibility index (Phi) is 5.11. The second kappa shape index (κ2) is 8.37. The SMILES string of the molecule is O=C(Nc1ccc([N+](=O)[O-])cc1)[C@@H]1[C@H]2C(=O)N(c3cccc(F)c3)C(=O)[C@@H]2[C@H]2C=Cc3ccccc3N21. The topological polar surface area (TPSA) is 113 Å². The van der Waals surface area contributed by atoms with Crippen molar-refractivity contribution < 1.29 is 23.7 Å². The lowest BCUT2D eigenvalue weighted by atomic mass is 9.88. The number of para-hydroxylation sites is 1. The van der Waals surface area contributed by atoms with E-state index in [1.165, 1.54) is 42.5 Å². The Bertz CT molecular complexity index is 1500. The van der Waals surface area contributed by atoms with Crippen LogP contribution in [0.15, 0.2) is 78.9 Å². The van der Waals surface area contributed by atoms with Crippen LogP contribution in [0.5, 0.6) is 0 Å². The number of benzene rings is 3. The van der Waals surface area contributed by atoms with Gasteiger partial charge in [-0.15, -0.1) is 0 Å². The first-order valence-corrected chi connectivity index (χ1v) is 11.6. The number of carbonyl (C=O) groups excluding carboxylic acids is 3. The van der Waals surface area contributed by atoms with Crippen molar-refractivity contribution in [3.63, 3.8) is 0 Å². The van der Waals surface area contributed by atoms with E-state index >= 15 is 0 Å². The molecule has 184 valence electrons. The molecular weight excluding hydrogens is 479 g/mol. The van der Waals surface area contributed by atoms with Crippen molar-refractivity contribution in [2.24, 2.45) is 11.8 Å². The smallest absolute Gasteiger partial charge is 0.269 e. The lowest BCUT2D eigenvalue weighted by Gasteiger charge is -2.36. The van der Waals surface area contributed by atoms with Crippen LogP contribution < -0.4 is 15.1 Å². The first-order valence-electron chi connectivity index (χ1n) is 11.6. The van der Waals surface area contributed by atoms with E-state index in [4.69, 9.17) is 0 Å². The van der Waals surface area contributed by atoms with E-state index in [9.17, 15) is 28.9 Å². The van der Waals surface area contributed by atoms with Gasteiger partial charge >= 0.3 is 0 Å². The first kappa shape index (κ1) is 22.6. The number of non-ortho nitro benzene ring substituents is 1. The summed E-state index contributed by atoms with van der Waals surface area (Å²) in [5.41, 5.74) is 1.86. The highest BCUT2D eigenvalue weighted by molar-refractivity contribution is 6.25. The third-order valence-electron chi connectivity index (χ3n) is 7.10. The molecule has 0 radical (unpaired) electrons. The molecule has 2 saturated heterocycles. The molecule has 1 N–H and O–H groups in total. The number of amides is 3. The Hall–Kier alpha value is -4.86. The molecule has 3 heterocycles. The fourth-order valence-corrected chi connectivity index (χ4v) is 5.57. The average Bonchev–Trinajstić information content (AvgIpc) is 3.37. The van der Waals surface area contributed by atoms with Gasteiger partial charge in [-0.3, -0.25) is 24.5 Å². The van der Waals surface area contributed by atoms with E-state index in [0.717, 1.165) is 16.5 Å². The number of rotatable bonds is 4. The molecule has 0 bridgehead atoms. The molecule has 9 nitrogen and oxygen atoms in total. The van der Waals surface area contributed by atoms with Gasteiger partial charge in [-0.2, -0.15) is 0 Å². The number of imide groups is 1. The first-order chi connectivity index (χ1) is 17.8. The standard InChI is InChI=1S/C27H19FN4O5/c28-16-5-3-6-19(14-16)30-26(34)22-21-13-8-15-4-1-2-7-20(15)31(21)24(23(22)27(30)35)25(33)29-17-9-11-18(12-10-17)32(36)37/h1-14,21-24H,(H,29,33)/t21-,22-,23+,24+/m1/s1. The Morgan fingerprint density at radius 1 is 0.946 bits per heavy atom. The number of nitro groups is 1. The van der Waals surface area contributed by atoms with E-state index in [-0.39, 0.29) is 11.4 Å². The number of halogens is 1. The van der Waals surface area contributed by atoms with Crippen molar-refractivity contribution >= 4 is 46.5 Å². The molecular formula is C27H19FN4O5. The number of hydrogen-bond donors (Lipinski definition) is 1. The van der Waals surface area contributed by atoms with Crippen molar-refractivity contribution in [1.29, 1.82) is 0 Å². The minimum Gasteiger partial charge on any atom is -0.351 e. The molecule has 0 aliphatic carbocycles. The minimum atomic E-state index is -1.05. The fraction of sp³-hybridized carbons (Fsp3) is 0.148. The second-order valence-corrected chi connectivity index (χ2v) is 9.10. The summed E-state index contributed by atoms with van der Waals surface area (Å²) < 4.78 is 13.9. The number of fused-ring (bicyclic) bond motifs is 5. The number of hydrogen-bond acceptors (Lipinski definition) is 6. The Morgan fingerprint density at radius 3 is 2.41 bits per heavy atom. The number of nitrogens with one attached hydrogen (secondary N) is 1. The molecule has 0 unspecified atom stereocenters. The largest absolute Gasteiger partial charge is 0.351 e. The van der Waals surface area contributed by atoms with E-state index in [2.05, 4.69) is 5.32 Å². The second-order valence-electron chi connectivity index (χ2n) is 9.10. The van der Waals surface area contributed by atoms with Crippen LogP contribution in [0.2, 0.25) is 0 Å². The number of carbonyl (C=O) groups is 3. The quantitative estimate of drug-likeness (QED) is 0.333. The summed E-state index contributed by atoms with van der Waals surface area (Å²) in [4.78, 5) is 54.3. The highest BCUT2D eigenvalue weighted by Gasteiger charge is 2.64. The van der Waals surface area contributed by atoms with Crippen LogP contribution >= 0.6 is 0 Å². The van der Waals surface area contributed by atoms with Gasteiger partial charge in [-0.25, -0.2) is 9.29 Å². The molecule has 10 heteroatoms. The maximum atomic E-state index is 13.9. The van der Waals surface area contributed by atoms with Crippen LogP contribution in [0.4, 0.5) is 27.1 Å². The summed E-state index contributed by atoms with van der Waals surface area (Å²) in [7, 11) is 0. The molecule has 3 amide bonds. The molecule has 0 spiro atoms. The monoisotopic (exact) mass is 498 g/mol. The summed E-state index contributed by atoms with van der Waals surface area (Å²) >= 11 is 0. The third kappa shape index (κ3) is 3.48. The predicted octanol–water partition coefficient (Wildman–Crippen LogP) is 3.76. The maximum absolute atomic E-state index is 13.9. The molecule has 3 aromatic carbocycles. The van der Waals surface area contributed by atoms with Gasteiger partial charge < -0.3 is 10.2 Å². The van der Waals surface area contributed by atoms with E-state index in [1.807, 2.05) is 36.4 Å². The van der Waals surface area contributed by atoms with E-state index in [0.29, 0.717) is 11.4 Å². The van der Waals surface area contributed by atoms with E-state index < -0.39 is 52.4 Å². The molecule has 0 aromatic heterocycles. The van der Waals surface area contributed by atoms with Crippen LogP contribution in [-0.2, 0) is 14.4 Å². The van der Waals surface area contributed by atoms with Crippen molar-refractivity contribution in [2.75, 3.05) is 15.1 Å². The molecule has 37 heavy (non-hydrogen) atoms. The van der Waals surface area contributed by atoms with Crippen LogP contribution in [0, 0.1) is 27.8 Å². The van der Waals surface area contributed by atoms with Crippen LogP contribution in [0.3, 0.4) is 0 Å². The van der Waals surface area contributed by atoms with E-state index in [1.54, 1.807) is 4.90 Å². The molecule has 3 aliphatic heterocycles. The lowest BCUT2D eigenvalue weighted by Crippen LogP contribution is -2.50. The third-order valence-corrected chi connectivity index (χ3v) is 7.10. The van der Waals surface area contributed by atoms with Gasteiger partial charge in [0.05, 0.1) is 28.5 Å². The molecule has 3 aliphatic rings. The van der Waals surface area contributed by atoms with Crippen molar-refractivity contribution in [2.45, 2.75) is 12.1 Å². The summed E-state index contributed by atoms with van der Waals surface area (Å²) in [5, 5.41) is 13.7. The lowest BCUT2D eigenvalue weighted by molar-refractivity contribution is -0.384. The van der Waals surface area contributed by atoms with Gasteiger partial charge in [0.15, 0.2) is 0 Å². The van der Waals surface area contributed by atoms with Crippen LogP contribution in [0.1, 0.15) is 5.56 Å². The van der Waals surface area contributed by atoms with Gasteiger partial charge in [-0.05, 0) is 42.0 Å². The number of nitro benzene ring substituents is 1. The van der Waals surface area contributed by atoms with Crippen molar-refractivity contribution in [1.82, 2.24) is 0 Å². The maximum Gasteiger partial charge on any atom is 0.269 e. The molecule has 6 rings (SSSR count). The molecule has 0 saturated carbocycles. The summed E-state index contributed by atoms with van der Waals surface area (Å²) in [5.74, 6) is -4.06. The zero-order valence-electron chi connectivity index (χ0n) is 19.2. The highest BCUT2D eigenvalue weighted by Crippen LogP contribution is 2.49. The van der Waals surface area contributed by atoms with Gasteiger partial charge in [0, 0.05) is 23.5 Å². The average molecular weight is 498 g/mol. The Balaban J connectivity index is 1.41. The zero-order valence-corrected chi connectivity index (χ0v) is 19.2. The summed E-state index contributed by atoms with van der Waals surface area (Å²) in [6, 6.07) is 16.4. The zero-order chi connectivity index (χ0) is 25.8. The Morgan fingerprint density at radius 2 is 1.68 bits per heavy atom. The Labute approximate surface area is 209 Å². The highest BCUT2D eigenvalue weighted by atomic mass is 19.1. The number of nitrogens with zero attached hydrogens (tertiary/aromatic N) is 3. The van der Waals surface area contributed by atoms with Gasteiger partial charge in [0.25, 0.3) is 5.69 Å². The van der Waals surface area contributed by atoms with Gasteiger partial charge in [0.2, 0.25) is 17.7 Å². The summed E-state index contributed by atoms with van der Waals surface area (Å²) in [6.07, 6.45) is 3.69. The minimum absolute atomic E-state index is 0.116. The molecule has 4 atom stereocenters. The molecule has 3 aromatic rings. The van der Waals surface area contributed by atoms with Crippen LogP contribution in [0.25, 0.3) is 6.08 Å². The van der Waals surface area contributed by atoms with Crippen molar-refractivity contribution in [3.8, 4) is 0 Å². The number of anilines is 3. The summed E-state index contributed by atoms with van der Waals surface area (Å²) in [6.45, 7) is 0.